The van der Waals surface area contributed by atoms with Crippen LogP contribution in [0.5, 0.6) is 0 Å². The van der Waals surface area contributed by atoms with Crippen LogP contribution in [0.15, 0.2) is 29.2 Å². The van der Waals surface area contributed by atoms with Crippen molar-refractivity contribution in [1.82, 2.24) is 0 Å². The average Bonchev–Trinajstić information content (AvgIpc) is 2.25. The summed E-state index contributed by atoms with van der Waals surface area (Å²) in [6, 6.07) is 6.56. The van der Waals surface area contributed by atoms with E-state index in [0.29, 0.717) is 5.56 Å². The van der Waals surface area contributed by atoms with Gasteiger partial charge < -0.3 is 5.11 Å². The van der Waals surface area contributed by atoms with E-state index >= 15 is 0 Å². The number of hydrogen-bond donors (Lipinski definition) is 1. The Bertz CT molecular complexity index is 408. The number of benzene rings is 1. The van der Waals surface area contributed by atoms with E-state index in [-0.39, 0.29) is 10.6 Å². The molecule has 0 unspecified atom stereocenters. The first-order valence-electron chi connectivity index (χ1n) is 3.61. The molecule has 0 saturated carbocycles. The van der Waals surface area contributed by atoms with Crippen LogP contribution in [-0.4, -0.2) is 19.3 Å². The van der Waals surface area contributed by atoms with Crippen molar-refractivity contribution < 1.29 is 13.5 Å². The third kappa shape index (κ3) is 0.956. The Kier molecular flexibility index (Phi) is 1.49. The van der Waals surface area contributed by atoms with Crippen molar-refractivity contribution in [2.75, 3.05) is 5.75 Å². The molecule has 64 valence electrons. The molecule has 1 aliphatic rings. The lowest BCUT2D eigenvalue weighted by atomic mass is 10.1. The van der Waals surface area contributed by atoms with Crippen LogP contribution in [0.2, 0.25) is 0 Å². The van der Waals surface area contributed by atoms with Crippen molar-refractivity contribution in [3.8, 4) is 0 Å². The lowest BCUT2D eigenvalue weighted by Gasteiger charge is -1.98. The predicted octanol–water partition coefficient (Wildman–Crippen LogP) is 0.507. The Morgan fingerprint density at radius 1 is 1.33 bits per heavy atom. The lowest BCUT2D eigenvalue weighted by Crippen LogP contribution is -2.01. The maximum Gasteiger partial charge on any atom is 0.181 e. The molecule has 0 radical (unpaired) electrons. The molecule has 0 bridgehead atoms. The second-order valence-corrected chi connectivity index (χ2v) is 4.84. The quantitative estimate of drug-likeness (QED) is 0.639. The van der Waals surface area contributed by atoms with E-state index in [1.54, 1.807) is 18.2 Å². The third-order valence-corrected chi connectivity index (χ3v) is 3.79. The minimum Gasteiger partial charge on any atom is -0.387 e. The van der Waals surface area contributed by atoms with E-state index in [1.165, 1.54) is 6.07 Å². The van der Waals surface area contributed by atoms with Crippen LogP contribution in [0, 0.1) is 0 Å². The van der Waals surface area contributed by atoms with E-state index in [4.69, 9.17) is 0 Å². The van der Waals surface area contributed by atoms with Crippen LogP contribution < -0.4 is 0 Å². The van der Waals surface area contributed by atoms with Gasteiger partial charge >= 0.3 is 0 Å². The van der Waals surface area contributed by atoms with Crippen LogP contribution in [0.4, 0.5) is 0 Å². The molecular weight excluding hydrogens is 176 g/mol. The van der Waals surface area contributed by atoms with Crippen molar-refractivity contribution in [3.05, 3.63) is 29.8 Å². The van der Waals surface area contributed by atoms with Crippen molar-refractivity contribution >= 4 is 9.84 Å². The topological polar surface area (TPSA) is 54.4 Å². The maximum absolute atomic E-state index is 11.3. The minimum atomic E-state index is -3.20. The number of sulfone groups is 1. The molecule has 1 heterocycles. The molecule has 2 rings (SSSR count). The normalized spacial score (nSPS) is 25.2. The van der Waals surface area contributed by atoms with Gasteiger partial charge in [-0.1, -0.05) is 18.2 Å². The highest BCUT2D eigenvalue weighted by molar-refractivity contribution is 7.91. The van der Waals surface area contributed by atoms with Gasteiger partial charge in [-0.25, -0.2) is 8.42 Å². The van der Waals surface area contributed by atoms with Crippen molar-refractivity contribution in [1.29, 1.82) is 0 Å². The third-order valence-electron chi connectivity index (χ3n) is 1.99. The Hall–Kier alpha value is -0.870. The van der Waals surface area contributed by atoms with Gasteiger partial charge in [0.15, 0.2) is 9.84 Å². The standard InChI is InChI=1S/C8H8O3S/c9-7-5-12(10,11)8-4-2-1-3-6(7)8/h1-4,7,9H,5H2/t7-/m1/s1. The van der Waals surface area contributed by atoms with Gasteiger partial charge in [-0.2, -0.15) is 0 Å². The van der Waals surface area contributed by atoms with Crippen LogP contribution in [-0.2, 0) is 9.84 Å². The molecule has 1 aromatic rings. The van der Waals surface area contributed by atoms with Gasteiger partial charge in [0, 0.05) is 5.56 Å². The monoisotopic (exact) mass is 184 g/mol. The van der Waals surface area contributed by atoms with Crippen LogP contribution in [0.25, 0.3) is 0 Å². The summed E-state index contributed by atoms with van der Waals surface area (Å²) in [5.74, 6) is -0.174. The number of fused-ring (bicyclic) bond motifs is 1. The number of aliphatic hydroxyl groups excluding tert-OH is 1. The fraction of sp³-hybridized carbons (Fsp3) is 0.250. The smallest absolute Gasteiger partial charge is 0.181 e. The summed E-state index contributed by atoms with van der Waals surface area (Å²) in [4.78, 5) is 0.275. The van der Waals surface area contributed by atoms with Crippen LogP contribution in [0.1, 0.15) is 11.7 Å². The fourth-order valence-electron chi connectivity index (χ4n) is 1.43. The van der Waals surface area contributed by atoms with Crippen molar-refractivity contribution in [3.63, 3.8) is 0 Å². The molecule has 1 atom stereocenters. The molecule has 3 nitrogen and oxygen atoms in total. The molecule has 1 aromatic carbocycles. The van der Waals surface area contributed by atoms with Crippen molar-refractivity contribution in [2.24, 2.45) is 0 Å². The van der Waals surface area contributed by atoms with E-state index in [0.717, 1.165) is 0 Å². The Labute approximate surface area is 70.6 Å². The molecule has 1 N–H and O–H groups in total. The molecule has 0 spiro atoms. The summed E-state index contributed by atoms with van der Waals surface area (Å²) in [5, 5.41) is 9.34. The summed E-state index contributed by atoms with van der Waals surface area (Å²) >= 11 is 0. The van der Waals surface area contributed by atoms with Gasteiger partial charge in [0.1, 0.15) is 0 Å². The number of aliphatic hydroxyl groups is 1. The second kappa shape index (κ2) is 2.31. The first-order valence-corrected chi connectivity index (χ1v) is 5.26. The predicted molar refractivity (Wildman–Crippen MR) is 43.5 cm³/mol. The van der Waals surface area contributed by atoms with E-state index in [1.807, 2.05) is 0 Å². The molecule has 0 amide bonds. The van der Waals surface area contributed by atoms with Gasteiger partial charge in [0.2, 0.25) is 0 Å². The van der Waals surface area contributed by atoms with Crippen molar-refractivity contribution in [2.45, 2.75) is 11.0 Å². The van der Waals surface area contributed by atoms with Gasteiger partial charge in [-0.3, -0.25) is 0 Å². The molecule has 0 saturated heterocycles. The first kappa shape index (κ1) is 7.76. The molecule has 4 heteroatoms. The van der Waals surface area contributed by atoms with Gasteiger partial charge in [0.25, 0.3) is 0 Å². The van der Waals surface area contributed by atoms with Crippen LogP contribution >= 0.6 is 0 Å². The molecule has 0 aliphatic carbocycles. The van der Waals surface area contributed by atoms with Crippen LogP contribution in [0.3, 0.4) is 0 Å². The second-order valence-electron chi connectivity index (χ2n) is 2.84. The zero-order valence-electron chi connectivity index (χ0n) is 6.27. The van der Waals surface area contributed by atoms with E-state index < -0.39 is 15.9 Å². The van der Waals surface area contributed by atoms with E-state index in [9.17, 15) is 13.5 Å². The highest BCUT2D eigenvalue weighted by Crippen LogP contribution is 2.32. The van der Waals surface area contributed by atoms with Gasteiger partial charge in [0.05, 0.1) is 16.8 Å². The highest BCUT2D eigenvalue weighted by atomic mass is 32.2. The summed E-state index contributed by atoms with van der Waals surface area (Å²) in [6.07, 6.45) is -0.841. The molecule has 12 heavy (non-hydrogen) atoms. The molecule has 0 fully saturated rings. The zero-order valence-corrected chi connectivity index (χ0v) is 7.08. The summed E-state index contributed by atoms with van der Waals surface area (Å²) in [7, 11) is -3.20. The summed E-state index contributed by atoms with van der Waals surface area (Å²) in [5.41, 5.74) is 0.525. The molecular formula is C8H8O3S. The maximum atomic E-state index is 11.3. The fourth-order valence-corrected chi connectivity index (χ4v) is 3.05. The Balaban J connectivity index is 2.74. The lowest BCUT2D eigenvalue weighted by molar-refractivity contribution is 0.204. The largest absolute Gasteiger partial charge is 0.387 e. The minimum absolute atomic E-state index is 0.174. The first-order chi connectivity index (χ1) is 5.61. The molecule has 0 aromatic heterocycles. The van der Waals surface area contributed by atoms with E-state index in [2.05, 4.69) is 0 Å². The summed E-state index contributed by atoms with van der Waals surface area (Å²) < 4.78 is 22.6. The summed E-state index contributed by atoms with van der Waals surface area (Å²) in [6.45, 7) is 0. The van der Waals surface area contributed by atoms with Gasteiger partial charge in [-0.15, -0.1) is 0 Å². The average molecular weight is 184 g/mol. The Morgan fingerprint density at radius 2 is 2.00 bits per heavy atom. The highest BCUT2D eigenvalue weighted by Gasteiger charge is 2.32. The SMILES string of the molecule is O=S1(=O)C[C@@H](O)c2ccccc21. The number of hydrogen-bond acceptors (Lipinski definition) is 3. The zero-order chi connectivity index (χ0) is 8.77. The number of rotatable bonds is 0. The van der Waals surface area contributed by atoms with Gasteiger partial charge in [-0.05, 0) is 6.07 Å². The Morgan fingerprint density at radius 3 is 2.67 bits per heavy atom. The molecule has 1 aliphatic heterocycles.